The van der Waals surface area contributed by atoms with Gasteiger partial charge in [0, 0.05) is 12.2 Å². The van der Waals surface area contributed by atoms with E-state index in [9.17, 15) is 14.4 Å². The Morgan fingerprint density at radius 1 is 1.04 bits per heavy atom. The van der Waals surface area contributed by atoms with Crippen LogP contribution in [0.5, 0.6) is 0 Å². The summed E-state index contributed by atoms with van der Waals surface area (Å²) in [5.41, 5.74) is 12.1. The van der Waals surface area contributed by atoms with Gasteiger partial charge in [0.25, 0.3) is 0 Å². The average Bonchev–Trinajstić information content (AvgIpc) is 2.65. The van der Waals surface area contributed by atoms with E-state index in [0.717, 1.165) is 12.0 Å². The quantitative estimate of drug-likeness (QED) is 0.211. The Labute approximate surface area is 164 Å². The molecular formula is C18H28N4O4S. The number of rotatable bonds is 12. The lowest BCUT2D eigenvalue weighted by Gasteiger charge is -2.22. The second-order valence-corrected chi connectivity index (χ2v) is 6.59. The van der Waals surface area contributed by atoms with Gasteiger partial charge in [0.1, 0.15) is 12.1 Å². The van der Waals surface area contributed by atoms with E-state index in [1.165, 1.54) is 0 Å². The maximum Gasteiger partial charge on any atom is 0.327 e. The van der Waals surface area contributed by atoms with Crippen LogP contribution in [0.4, 0.5) is 0 Å². The topological polar surface area (TPSA) is 148 Å². The lowest BCUT2D eigenvalue weighted by atomic mass is 10.0. The SMILES string of the molecule is NCCCCC(N)C(=O)NC(Cc1ccccc1)C(=O)NC(CS)C(=O)O. The zero-order valence-corrected chi connectivity index (χ0v) is 16.0. The predicted molar refractivity (Wildman–Crippen MR) is 106 cm³/mol. The molecule has 7 N–H and O–H groups in total. The van der Waals surface area contributed by atoms with Crippen molar-refractivity contribution in [3.63, 3.8) is 0 Å². The molecule has 0 aromatic heterocycles. The zero-order valence-electron chi connectivity index (χ0n) is 15.1. The van der Waals surface area contributed by atoms with Gasteiger partial charge in [-0.2, -0.15) is 12.6 Å². The summed E-state index contributed by atoms with van der Waals surface area (Å²) in [5, 5.41) is 14.1. The van der Waals surface area contributed by atoms with E-state index < -0.39 is 35.9 Å². The van der Waals surface area contributed by atoms with Crippen LogP contribution in [0.25, 0.3) is 0 Å². The number of unbranched alkanes of at least 4 members (excludes halogenated alkanes) is 1. The number of hydrogen-bond acceptors (Lipinski definition) is 6. The maximum absolute atomic E-state index is 12.6. The number of aliphatic carboxylic acids is 1. The van der Waals surface area contributed by atoms with E-state index in [2.05, 4.69) is 23.3 Å². The fraction of sp³-hybridized carbons (Fsp3) is 0.500. The third-order valence-electron chi connectivity index (χ3n) is 4.02. The van der Waals surface area contributed by atoms with Crippen molar-refractivity contribution in [3.8, 4) is 0 Å². The number of carbonyl (C=O) groups excluding carboxylic acids is 2. The van der Waals surface area contributed by atoms with Gasteiger partial charge < -0.3 is 27.2 Å². The third kappa shape index (κ3) is 8.42. The molecule has 3 atom stereocenters. The van der Waals surface area contributed by atoms with Crippen molar-refractivity contribution in [2.45, 2.75) is 43.8 Å². The summed E-state index contributed by atoms with van der Waals surface area (Å²) in [4.78, 5) is 36.1. The third-order valence-corrected chi connectivity index (χ3v) is 4.38. The molecule has 0 heterocycles. The second-order valence-electron chi connectivity index (χ2n) is 6.22. The number of nitrogens with two attached hydrogens (primary N) is 2. The highest BCUT2D eigenvalue weighted by molar-refractivity contribution is 7.80. The Bertz CT molecular complexity index is 615. The first-order valence-corrected chi connectivity index (χ1v) is 9.46. The van der Waals surface area contributed by atoms with Gasteiger partial charge in [0.15, 0.2) is 0 Å². The van der Waals surface area contributed by atoms with Crippen LogP contribution in [-0.4, -0.2) is 53.3 Å². The summed E-state index contributed by atoms with van der Waals surface area (Å²) in [7, 11) is 0. The number of carboxylic acids is 1. The Morgan fingerprint density at radius 2 is 1.67 bits per heavy atom. The van der Waals surface area contributed by atoms with E-state index in [1.54, 1.807) is 0 Å². The van der Waals surface area contributed by atoms with Crippen molar-refractivity contribution in [2.24, 2.45) is 11.5 Å². The average molecular weight is 397 g/mol. The molecule has 9 heteroatoms. The molecule has 0 saturated carbocycles. The van der Waals surface area contributed by atoms with Crippen LogP contribution in [0.3, 0.4) is 0 Å². The van der Waals surface area contributed by atoms with E-state index >= 15 is 0 Å². The first kappa shape index (κ1) is 22.9. The summed E-state index contributed by atoms with van der Waals surface area (Å²) in [6.07, 6.45) is 2.14. The predicted octanol–water partition coefficient (Wildman–Crippen LogP) is -0.331. The van der Waals surface area contributed by atoms with Crippen LogP contribution in [-0.2, 0) is 20.8 Å². The maximum atomic E-state index is 12.6. The van der Waals surface area contributed by atoms with E-state index in [4.69, 9.17) is 16.6 Å². The van der Waals surface area contributed by atoms with Crippen molar-refractivity contribution in [2.75, 3.05) is 12.3 Å². The van der Waals surface area contributed by atoms with Crippen molar-refractivity contribution in [1.29, 1.82) is 0 Å². The molecule has 0 aliphatic carbocycles. The Balaban J connectivity index is 2.82. The van der Waals surface area contributed by atoms with Gasteiger partial charge in [-0.1, -0.05) is 36.8 Å². The van der Waals surface area contributed by atoms with Gasteiger partial charge in [-0.25, -0.2) is 4.79 Å². The van der Waals surface area contributed by atoms with Crippen molar-refractivity contribution in [1.82, 2.24) is 10.6 Å². The molecule has 0 bridgehead atoms. The first-order valence-electron chi connectivity index (χ1n) is 8.83. The number of hydrogen-bond donors (Lipinski definition) is 6. The number of carboxylic acid groups (broad SMARTS) is 1. The van der Waals surface area contributed by atoms with Crippen LogP contribution < -0.4 is 22.1 Å². The summed E-state index contributed by atoms with van der Waals surface area (Å²) in [5.74, 6) is -2.31. The first-order chi connectivity index (χ1) is 12.9. The molecule has 2 amide bonds. The van der Waals surface area contributed by atoms with Gasteiger partial charge in [0.2, 0.25) is 11.8 Å². The van der Waals surface area contributed by atoms with E-state index in [-0.39, 0.29) is 12.2 Å². The number of carbonyl (C=O) groups is 3. The molecule has 0 saturated heterocycles. The zero-order chi connectivity index (χ0) is 20.2. The molecule has 0 radical (unpaired) electrons. The molecule has 150 valence electrons. The second kappa shape index (κ2) is 12.3. The monoisotopic (exact) mass is 396 g/mol. The number of amides is 2. The minimum Gasteiger partial charge on any atom is -0.480 e. The standard InChI is InChI=1S/C18H28N4O4S/c19-9-5-4-8-13(20)16(23)21-14(10-12-6-2-1-3-7-12)17(24)22-15(11-27)18(25)26/h1-3,6-7,13-15,27H,4-5,8-11,19-20H2,(H,21,23)(H,22,24)(H,25,26). The van der Waals surface area contributed by atoms with Gasteiger partial charge >= 0.3 is 5.97 Å². The molecule has 1 rings (SSSR count). The molecule has 8 nitrogen and oxygen atoms in total. The summed E-state index contributed by atoms with van der Waals surface area (Å²) < 4.78 is 0. The molecular weight excluding hydrogens is 368 g/mol. The van der Waals surface area contributed by atoms with Crippen LogP contribution in [0.2, 0.25) is 0 Å². The summed E-state index contributed by atoms with van der Waals surface area (Å²) in [6.45, 7) is 0.522. The summed E-state index contributed by atoms with van der Waals surface area (Å²) in [6, 6.07) is 6.27. The molecule has 0 aliphatic heterocycles. The fourth-order valence-corrected chi connectivity index (χ4v) is 2.68. The Morgan fingerprint density at radius 3 is 2.22 bits per heavy atom. The molecule has 0 fully saturated rings. The highest BCUT2D eigenvalue weighted by Gasteiger charge is 2.27. The van der Waals surface area contributed by atoms with Crippen molar-refractivity contribution >= 4 is 30.4 Å². The summed E-state index contributed by atoms with van der Waals surface area (Å²) >= 11 is 3.93. The minimum absolute atomic E-state index is 0.0638. The van der Waals surface area contributed by atoms with E-state index in [0.29, 0.717) is 19.4 Å². The molecule has 1 aromatic carbocycles. The minimum atomic E-state index is -1.19. The van der Waals surface area contributed by atoms with Crippen LogP contribution in [0, 0.1) is 0 Å². The largest absolute Gasteiger partial charge is 0.480 e. The highest BCUT2D eigenvalue weighted by Crippen LogP contribution is 2.06. The number of nitrogens with one attached hydrogen (secondary N) is 2. The Hall–Kier alpha value is -2.10. The number of thiol groups is 1. The lowest BCUT2D eigenvalue weighted by molar-refractivity contribution is -0.141. The molecule has 0 aliphatic rings. The van der Waals surface area contributed by atoms with E-state index in [1.807, 2.05) is 30.3 Å². The van der Waals surface area contributed by atoms with Gasteiger partial charge in [-0.05, 0) is 24.9 Å². The highest BCUT2D eigenvalue weighted by atomic mass is 32.1. The van der Waals surface area contributed by atoms with Crippen molar-refractivity contribution in [3.05, 3.63) is 35.9 Å². The smallest absolute Gasteiger partial charge is 0.327 e. The molecule has 3 unspecified atom stereocenters. The molecule has 0 spiro atoms. The Kier molecular flexibility index (Phi) is 10.5. The van der Waals surface area contributed by atoms with Crippen molar-refractivity contribution < 1.29 is 19.5 Å². The molecule has 27 heavy (non-hydrogen) atoms. The van der Waals surface area contributed by atoms with Crippen LogP contribution >= 0.6 is 12.6 Å². The lowest BCUT2D eigenvalue weighted by Crippen LogP contribution is -2.55. The van der Waals surface area contributed by atoms with Crippen LogP contribution in [0.15, 0.2) is 30.3 Å². The van der Waals surface area contributed by atoms with Gasteiger partial charge in [0.05, 0.1) is 6.04 Å². The normalized spacial score (nSPS) is 14.0. The molecule has 1 aromatic rings. The van der Waals surface area contributed by atoms with Crippen LogP contribution in [0.1, 0.15) is 24.8 Å². The fourth-order valence-electron chi connectivity index (χ4n) is 2.44. The van der Waals surface area contributed by atoms with Gasteiger partial charge in [-0.3, -0.25) is 9.59 Å². The van der Waals surface area contributed by atoms with Gasteiger partial charge in [-0.15, -0.1) is 0 Å². The number of benzene rings is 1.